The van der Waals surface area contributed by atoms with E-state index in [0.29, 0.717) is 17.4 Å². The van der Waals surface area contributed by atoms with Gasteiger partial charge >= 0.3 is 0 Å². The third-order valence-corrected chi connectivity index (χ3v) is 5.03. The molecule has 7 heteroatoms. The van der Waals surface area contributed by atoms with Gasteiger partial charge in [0, 0.05) is 17.8 Å². The third-order valence-electron chi connectivity index (χ3n) is 3.70. The van der Waals surface area contributed by atoms with Crippen LogP contribution in [-0.2, 0) is 19.4 Å². The van der Waals surface area contributed by atoms with Gasteiger partial charge in [-0.25, -0.2) is 4.39 Å². The average molecular weight is 378 g/mol. The molecule has 0 fully saturated rings. The summed E-state index contributed by atoms with van der Waals surface area (Å²) in [4.78, 5) is 0. The van der Waals surface area contributed by atoms with E-state index >= 15 is 0 Å². The van der Waals surface area contributed by atoms with Crippen LogP contribution in [0.2, 0.25) is 5.02 Å². The Bertz CT molecular complexity index is 867. The van der Waals surface area contributed by atoms with Gasteiger partial charge in [-0.1, -0.05) is 35.5 Å². The van der Waals surface area contributed by atoms with Gasteiger partial charge in [0.1, 0.15) is 18.2 Å². The summed E-state index contributed by atoms with van der Waals surface area (Å²) in [5.74, 6) is 1.97. The number of nitrogens with zero attached hydrogens (tertiary/aromatic N) is 3. The highest BCUT2D eigenvalue weighted by molar-refractivity contribution is 7.98. The molecule has 0 aliphatic heterocycles. The number of hydrogen-bond acceptors (Lipinski definition) is 4. The smallest absolute Gasteiger partial charge is 0.191 e. The van der Waals surface area contributed by atoms with Crippen LogP contribution in [0.3, 0.4) is 0 Å². The van der Waals surface area contributed by atoms with Gasteiger partial charge in [-0.15, -0.1) is 10.2 Å². The van der Waals surface area contributed by atoms with Crippen molar-refractivity contribution in [2.24, 2.45) is 7.05 Å². The van der Waals surface area contributed by atoms with E-state index in [-0.39, 0.29) is 5.82 Å². The number of ether oxygens (including phenoxy) is 1. The predicted molar refractivity (Wildman–Crippen MR) is 97.5 cm³/mol. The predicted octanol–water partition coefficient (Wildman–Crippen LogP) is 4.79. The second-order valence-corrected chi connectivity index (χ2v) is 6.95. The molecule has 4 nitrogen and oxygen atoms in total. The summed E-state index contributed by atoms with van der Waals surface area (Å²) in [6.07, 6.45) is 0. The fraction of sp³-hybridized carbons (Fsp3) is 0.222. The molecule has 2 aromatic carbocycles. The van der Waals surface area contributed by atoms with Gasteiger partial charge in [-0.05, 0) is 48.4 Å². The van der Waals surface area contributed by atoms with E-state index in [0.717, 1.165) is 27.9 Å². The van der Waals surface area contributed by atoms with Crippen molar-refractivity contribution < 1.29 is 9.13 Å². The maximum Gasteiger partial charge on any atom is 0.191 e. The lowest BCUT2D eigenvalue weighted by Gasteiger charge is -2.09. The van der Waals surface area contributed by atoms with Gasteiger partial charge < -0.3 is 9.30 Å². The molecule has 0 unspecified atom stereocenters. The highest BCUT2D eigenvalue weighted by atomic mass is 35.5. The van der Waals surface area contributed by atoms with Gasteiger partial charge in [0.05, 0.1) is 0 Å². The minimum Gasteiger partial charge on any atom is -0.485 e. The Morgan fingerprint density at radius 3 is 2.64 bits per heavy atom. The molecule has 130 valence electrons. The summed E-state index contributed by atoms with van der Waals surface area (Å²) >= 11 is 7.50. The maximum atomic E-state index is 12.9. The first-order chi connectivity index (χ1) is 12.0. The van der Waals surface area contributed by atoms with E-state index in [9.17, 15) is 4.39 Å². The normalized spacial score (nSPS) is 10.9. The molecule has 0 radical (unpaired) electrons. The van der Waals surface area contributed by atoms with Crippen LogP contribution in [0.5, 0.6) is 5.75 Å². The van der Waals surface area contributed by atoms with E-state index in [1.165, 1.54) is 12.1 Å². The largest absolute Gasteiger partial charge is 0.485 e. The van der Waals surface area contributed by atoms with Crippen LogP contribution in [0, 0.1) is 12.7 Å². The Labute approximate surface area is 155 Å². The molecule has 3 rings (SSSR count). The van der Waals surface area contributed by atoms with Gasteiger partial charge in [-0.2, -0.15) is 0 Å². The highest BCUT2D eigenvalue weighted by Gasteiger charge is 2.11. The number of benzene rings is 2. The Morgan fingerprint density at radius 1 is 1.16 bits per heavy atom. The topological polar surface area (TPSA) is 39.9 Å². The lowest BCUT2D eigenvalue weighted by Crippen LogP contribution is -2.05. The van der Waals surface area contributed by atoms with Crippen molar-refractivity contribution in [2.75, 3.05) is 0 Å². The van der Waals surface area contributed by atoms with Gasteiger partial charge in [0.25, 0.3) is 0 Å². The molecule has 1 aromatic heterocycles. The standard InChI is InChI=1S/C18H17ClFN3OS/c1-12-9-14(19)5-8-16(12)24-10-17-21-22-18(23(17)2)25-11-13-3-6-15(20)7-4-13/h3-9H,10-11H2,1-2H3. The molecule has 0 aliphatic carbocycles. The summed E-state index contributed by atoms with van der Waals surface area (Å²) in [5, 5.41) is 9.85. The molecule has 0 aliphatic rings. The van der Waals surface area contributed by atoms with E-state index in [4.69, 9.17) is 16.3 Å². The molecule has 0 N–H and O–H groups in total. The van der Waals surface area contributed by atoms with Crippen LogP contribution in [0.15, 0.2) is 47.6 Å². The molecule has 0 atom stereocenters. The number of rotatable bonds is 6. The molecule has 25 heavy (non-hydrogen) atoms. The van der Waals surface area contributed by atoms with Crippen molar-refractivity contribution >= 4 is 23.4 Å². The first-order valence-electron chi connectivity index (χ1n) is 7.67. The van der Waals surface area contributed by atoms with Crippen molar-refractivity contribution in [2.45, 2.75) is 24.4 Å². The molecule has 3 aromatic rings. The first kappa shape index (κ1) is 17.8. The summed E-state index contributed by atoms with van der Waals surface area (Å²) in [6, 6.07) is 12.0. The number of hydrogen-bond donors (Lipinski definition) is 0. The fourth-order valence-electron chi connectivity index (χ4n) is 2.24. The minimum absolute atomic E-state index is 0.232. The van der Waals surface area contributed by atoms with Crippen molar-refractivity contribution in [1.29, 1.82) is 0 Å². The average Bonchev–Trinajstić information content (AvgIpc) is 2.94. The monoisotopic (exact) mass is 377 g/mol. The molecule has 1 heterocycles. The van der Waals surface area contributed by atoms with E-state index in [2.05, 4.69) is 10.2 Å². The zero-order valence-corrected chi connectivity index (χ0v) is 15.4. The molecule has 0 saturated heterocycles. The van der Waals surface area contributed by atoms with Gasteiger partial charge in [-0.3, -0.25) is 0 Å². The number of aromatic nitrogens is 3. The van der Waals surface area contributed by atoms with Crippen LogP contribution in [-0.4, -0.2) is 14.8 Å². The van der Waals surface area contributed by atoms with E-state index in [1.54, 1.807) is 30.0 Å². The Morgan fingerprint density at radius 2 is 1.92 bits per heavy atom. The summed E-state index contributed by atoms with van der Waals surface area (Å²) in [6.45, 7) is 2.27. The van der Waals surface area contributed by atoms with E-state index < -0.39 is 0 Å². The number of aryl methyl sites for hydroxylation is 1. The first-order valence-corrected chi connectivity index (χ1v) is 9.04. The Balaban J connectivity index is 1.61. The zero-order chi connectivity index (χ0) is 17.8. The molecular weight excluding hydrogens is 361 g/mol. The van der Waals surface area contributed by atoms with Crippen LogP contribution >= 0.6 is 23.4 Å². The molecular formula is C18H17ClFN3OS. The van der Waals surface area contributed by atoms with Crippen molar-refractivity contribution in [3.63, 3.8) is 0 Å². The maximum absolute atomic E-state index is 12.9. The van der Waals surface area contributed by atoms with Crippen LogP contribution in [0.4, 0.5) is 4.39 Å². The van der Waals surface area contributed by atoms with Crippen LogP contribution in [0.1, 0.15) is 17.0 Å². The molecule has 0 saturated carbocycles. The second-order valence-electron chi connectivity index (χ2n) is 5.57. The molecule has 0 bridgehead atoms. The van der Waals surface area contributed by atoms with Crippen molar-refractivity contribution in [3.05, 3.63) is 70.3 Å². The van der Waals surface area contributed by atoms with Crippen LogP contribution in [0.25, 0.3) is 0 Å². The lowest BCUT2D eigenvalue weighted by molar-refractivity contribution is 0.288. The summed E-state index contributed by atoms with van der Waals surface area (Å²) in [7, 11) is 1.90. The van der Waals surface area contributed by atoms with Crippen LogP contribution < -0.4 is 4.74 Å². The number of halogens is 2. The molecule has 0 amide bonds. The van der Waals surface area contributed by atoms with Crippen molar-refractivity contribution in [3.8, 4) is 5.75 Å². The molecule has 0 spiro atoms. The fourth-order valence-corrected chi connectivity index (χ4v) is 3.35. The zero-order valence-electron chi connectivity index (χ0n) is 13.9. The highest BCUT2D eigenvalue weighted by Crippen LogP contribution is 2.24. The Kier molecular flexibility index (Phi) is 5.60. The SMILES string of the molecule is Cc1cc(Cl)ccc1OCc1nnc(SCc2ccc(F)cc2)n1C. The quantitative estimate of drug-likeness (QED) is 0.579. The summed E-state index contributed by atoms with van der Waals surface area (Å²) in [5.41, 5.74) is 2.00. The van der Waals surface area contributed by atoms with Crippen molar-refractivity contribution in [1.82, 2.24) is 14.8 Å². The Hall–Kier alpha value is -2.05. The van der Waals surface area contributed by atoms with E-state index in [1.807, 2.05) is 30.7 Å². The van der Waals surface area contributed by atoms with Gasteiger partial charge in [0.15, 0.2) is 11.0 Å². The second kappa shape index (κ2) is 7.89. The summed E-state index contributed by atoms with van der Waals surface area (Å²) < 4.78 is 20.7. The lowest BCUT2D eigenvalue weighted by atomic mass is 10.2. The minimum atomic E-state index is -0.232. The third kappa shape index (κ3) is 4.52. The number of thioether (sulfide) groups is 1. The van der Waals surface area contributed by atoms with Gasteiger partial charge in [0.2, 0.25) is 0 Å².